The summed E-state index contributed by atoms with van der Waals surface area (Å²) in [6.07, 6.45) is 4.18. The van der Waals surface area contributed by atoms with Gasteiger partial charge in [0, 0.05) is 11.9 Å². The van der Waals surface area contributed by atoms with Crippen molar-refractivity contribution in [2.24, 2.45) is 13.0 Å². The Morgan fingerprint density at radius 3 is 2.94 bits per heavy atom. The smallest absolute Gasteiger partial charge is 0.235 e. The zero-order chi connectivity index (χ0) is 23.4. The summed E-state index contributed by atoms with van der Waals surface area (Å²) >= 11 is 2.88. The molecule has 1 aromatic carbocycles. The molecule has 0 fully saturated rings. The topological polar surface area (TPSA) is 92.8 Å². The predicted octanol–water partition coefficient (Wildman–Crippen LogP) is 5.06. The number of aromatic nitrogens is 3. The summed E-state index contributed by atoms with van der Waals surface area (Å²) < 4.78 is 7.58. The Morgan fingerprint density at radius 1 is 1.36 bits per heavy atom. The lowest BCUT2D eigenvalue weighted by Gasteiger charge is -2.20. The number of thiophene rings is 1. The number of hydrogen-bond donors (Lipinski definition) is 1. The van der Waals surface area contributed by atoms with E-state index in [-0.39, 0.29) is 11.7 Å². The number of fused-ring (bicyclic) bond motifs is 1. The second-order valence-electron chi connectivity index (χ2n) is 7.97. The normalized spacial score (nSPS) is 15.0. The van der Waals surface area contributed by atoms with Gasteiger partial charge in [-0.15, -0.1) is 21.5 Å². The quantitative estimate of drug-likeness (QED) is 0.452. The van der Waals surface area contributed by atoms with Gasteiger partial charge in [-0.3, -0.25) is 4.79 Å². The molecule has 2 aromatic heterocycles. The van der Waals surface area contributed by atoms with Gasteiger partial charge >= 0.3 is 0 Å². The summed E-state index contributed by atoms with van der Waals surface area (Å²) in [5.41, 5.74) is 2.62. The number of anilines is 1. The number of para-hydroxylation sites is 1. The zero-order valence-corrected chi connectivity index (χ0v) is 20.7. The fourth-order valence-electron chi connectivity index (χ4n) is 4.11. The van der Waals surface area contributed by atoms with Gasteiger partial charge in [0.25, 0.3) is 0 Å². The molecule has 0 saturated heterocycles. The van der Waals surface area contributed by atoms with E-state index in [1.54, 1.807) is 11.3 Å². The number of carbonyl (C=O) groups excluding carboxylic acids is 1. The second kappa shape index (κ2) is 10.4. The van der Waals surface area contributed by atoms with Crippen LogP contribution in [0.25, 0.3) is 11.4 Å². The first kappa shape index (κ1) is 23.3. The summed E-state index contributed by atoms with van der Waals surface area (Å²) in [4.78, 5) is 14.0. The summed E-state index contributed by atoms with van der Waals surface area (Å²) in [7, 11) is 1.88. The van der Waals surface area contributed by atoms with Crippen LogP contribution in [0.15, 0.2) is 29.4 Å². The van der Waals surface area contributed by atoms with Crippen LogP contribution >= 0.6 is 23.1 Å². The number of nitrogens with zero attached hydrogens (tertiary/aromatic N) is 4. The maximum absolute atomic E-state index is 12.7. The number of nitriles is 1. The van der Waals surface area contributed by atoms with Gasteiger partial charge in [-0.25, -0.2) is 0 Å². The Bertz CT molecular complexity index is 1190. The first-order chi connectivity index (χ1) is 16.0. The van der Waals surface area contributed by atoms with Crippen molar-refractivity contribution in [3.8, 4) is 23.2 Å². The Balaban J connectivity index is 1.44. The van der Waals surface area contributed by atoms with Crippen LogP contribution in [0, 0.1) is 17.2 Å². The molecule has 0 saturated carbocycles. The highest BCUT2D eigenvalue weighted by atomic mass is 32.2. The Hall–Kier alpha value is -2.83. The lowest BCUT2D eigenvalue weighted by molar-refractivity contribution is -0.113. The van der Waals surface area contributed by atoms with Crippen molar-refractivity contribution in [3.63, 3.8) is 0 Å². The Morgan fingerprint density at radius 2 is 2.18 bits per heavy atom. The fraction of sp³-hybridized carbons (Fsp3) is 0.417. The third-order valence-corrected chi connectivity index (χ3v) is 8.09. The average molecular weight is 482 g/mol. The van der Waals surface area contributed by atoms with E-state index >= 15 is 0 Å². The molecule has 1 N–H and O–H groups in total. The van der Waals surface area contributed by atoms with E-state index in [1.807, 2.05) is 42.8 Å². The standard InChI is InChI=1S/C24H27N5O2S2/c1-4-15-10-11-16-18(13-25)23(33-20(16)12-15)26-21(30)14-32-24-28-27-22(29(24)3)17-8-6-7-9-19(17)31-5-2/h6-9,15H,4-5,10-12,14H2,1-3H3,(H,26,30). The number of carbonyl (C=O) groups is 1. The highest BCUT2D eigenvalue weighted by molar-refractivity contribution is 7.99. The van der Waals surface area contributed by atoms with Crippen LogP contribution in [0.2, 0.25) is 0 Å². The van der Waals surface area contributed by atoms with E-state index in [0.29, 0.717) is 34.1 Å². The van der Waals surface area contributed by atoms with Crippen molar-refractivity contribution in [2.75, 3.05) is 17.7 Å². The van der Waals surface area contributed by atoms with Crippen LogP contribution < -0.4 is 10.1 Å². The number of thioether (sulfide) groups is 1. The summed E-state index contributed by atoms with van der Waals surface area (Å²) in [6.45, 7) is 4.71. The molecule has 33 heavy (non-hydrogen) atoms. The second-order valence-corrected chi connectivity index (χ2v) is 10.0. The van der Waals surface area contributed by atoms with Crippen LogP contribution in [0.5, 0.6) is 5.75 Å². The van der Waals surface area contributed by atoms with Crippen molar-refractivity contribution in [2.45, 2.75) is 44.7 Å². The zero-order valence-electron chi connectivity index (χ0n) is 19.1. The van der Waals surface area contributed by atoms with Crippen molar-refractivity contribution in [1.29, 1.82) is 5.26 Å². The van der Waals surface area contributed by atoms with Crippen LogP contribution in [-0.2, 0) is 24.7 Å². The minimum absolute atomic E-state index is 0.151. The molecule has 4 rings (SSSR count). The lowest BCUT2D eigenvalue weighted by Crippen LogP contribution is -2.14. The van der Waals surface area contributed by atoms with E-state index in [0.717, 1.165) is 42.6 Å². The molecule has 172 valence electrons. The number of rotatable bonds is 8. The minimum atomic E-state index is -0.151. The SMILES string of the molecule is CCOc1ccccc1-c1nnc(SCC(=O)Nc2sc3c(c2C#N)CCC(CC)C3)n1C. The van der Waals surface area contributed by atoms with Gasteiger partial charge in [0.05, 0.1) is 23.5 Å². The molecule has 9 heteroatoms. The van der Waals surface area contributed by atoms with E-state index in [1.165, 1.54) is 16.6 Å². The van der Waals surface area contributed by atoms with Gasteiger partial charge in [-0.1, -0.05) is 37.2 Å². The Labute approximate surface area is 202 Å². The fourth-order valence-corrected chi connectivity index (χ4v) is 6.15. The van der Waals surface area contributed by atoms with E-state index < -0.39 is 0 Å². The summed E-state index contributed by atoms with van der Waals surface area (Å²) in [5, 5.41) is 22.5. The van der Waals surface area contributed by atoms with Crippen molar-refractivity contribution in [3.05, 3.63) is 40.3 Å². The molecule has 0 spiro atoms. The van der Waals surface area contributed by atoms with Gasteiger partial charge in [0.2, 0.25) is 5.91 Å². The molecule has 1 amide bonds. The number of amides is 1. The molecule has 0 aliphatic heterocycles. The van der Waals surface area contributed by atoms with Gasteiger partial charge in [-0.2, -0.15) is 5.26 Å². The summed E-state index contributed by atoms with van der Waals surface area (Å²) in [6, 6.07) is 10.0. The van der Waals surface area contributed by atoms with Crippen molar-refractivity contribution in [1.82, 2.24) is 14.8 Å². The number of hydrogen-bond acceptors (Lipinski definition) is 7. The monoisotopic (exact) mass is 481 g/mol. The largest absolute Gasteiger partial charge is 0.493 e. The molecule has 1 unspecified atom stereocenters. The molecule has 3 aromatic rings. The first-order valence-electron chi connectivity index (χ1n) is 11.1. The highest BCUT2D eigenvalue weighted by Crippen LogP contribution is 2.40. The number of ether oxygens (including phenoxy) is 1. The van der Waals surface area contributed by atoms with Crippen LogP contribution in [-0.4, -0.2) is 33.0 Å². The molecular weight excluding hydrogens is 454 g/mol. The molecule has 7 nitrogen and oxygen atoms in total. The van der Waals surface area contributed by atoms with Gasteiger partial charge in [0.15, 0.2) is 11.0 Å². The molecule has 2 heterocycles. The number of benzene rings is 1. The van der Waals surface area contributed by atoms with Gasteiger partial charge in [-0.05, 0) is 49.8 Å². The van der Waals surface area contributed by atoms with Crippen molar-refractivity contribution >= 4 is 34.0 Å². The van der Waals surface area contributed by atoms with Gasteiger partial charge < -0.3 is 14.6 Å². The predicted molar refractivity (Wildman–Crippen MR) is 132 cm³/mol. The van der Waals surface area contributed by atoms with E-state index in [4.69, 9.17) is 4.74 Å². The molecule has 1 atom stereocenters. The maximum Gasteiger partial charge on any atom is 0.235 e. The summed E-state index contributed by atoms with van der Waals surface area (Å²) in [5.74, 6) is 2.14. The highest BCUT2D eigenvalue weighted by Gasteiger charge is 2.26. The van der Waals surface area contributed by atoms with Crippen LogP contribution in [0.1, 0.15) is 42.7 Å². The third-order valence-electron chi connectivity index (χ3n) is 5.90. The molecule has 1 aliphatic carbocycles. The van der Waals surface area contributed by atoms with Gasteiger partial charge in [0.1, 0.15) is 16.8 Å². The van der Waals surface area contributed by atoms with E-state index in [2.05, 4.69) is 28.5 Å². The average Bonchev–Trinajstić information content (AvgIpc) is 3.36. The third kappa shape index (κ3) is 4.92. The molecule has 0 bridgehead atoms. The Kier molecular flexibility index (Phi) is 7.36. The lowest BCUT2D eigenvalue weighted by atomic mass is 9.86. The molecular formula is C24H27N5O2S2. The van der Waals surface area contributed by atoms with Crippen molar-refractivity contribution < 1.29 is 9.53 Å². The molecule has 1 aliphatic rings. The maximum atomic E-state index is 12.7. The van der Waals surface area contributed by atoms with Crippen LogP contribution in [0.3, 0.4) is 0 Å². The first-order valence-corrected chi connectivity index (χ1v) is 12.9. The number of nitrogens with one attached hydrogen (secondary N) is 1. The molecule has 0 radical (unpaired) electrons. The van der Waals surface area contributed by atoms with Crippen LogP contribution in [0.4, 0.5) is 5.00 Å². The van der Waals surface area contributed by atoms with E-state index in [9.17, 15) is 10.1 Å². The minimum Gasteiger partial charge on any atom is -0.493 e.